The zero-order valence-corrected chi connectivity index (χ0v) is 17.1. The Labute approximate surface area is 167 Å². The minimum Gasteiger partial charge on any atom is -1.00 e. The van der Waals surface area contributed by atoms with Gasteiger partial charge in [0.25, 0.3) is 0 Å². The van der Waals surface area contributed by atoms with Crippen LogP contribution in [0, 0.1) is 0 Å². The summed E-state index contributed by atoms with van der Waals surface area (Å²) in [6, 6.07) is 8.08. The van der Waals surface area contributed by atoms with Gasteiger partial charge in [-0.2, -0.15) is 0 Å². The molecule has 0 bridgehead atoms. The third-order valence-corrected chi connectivity index (χ3v) is 2.83. The van der Waals surface area contributed by atoms with Crippen LogP contribution < -0.4 is 38.2 Å². The number of hydrogen-bond donors (Lipinski definition) is 0. The van der Waals surface area contributed by atoms with Gasteiger partial charge in [0.05, 0.1) is 5.97 Å². The van der Waals surface area contributed by atoms with Crippen molar-refractivity contribution >= 4 is 18.1 Å². The largest absolute Gasteiger partial charge is 1.00 e. The summed E-state index contributed by atoms with van der Waals surface area (Å²) in [6.45, 7) is 11.8. The number of aryl methyl sites for hydroxylation is 2. The molecule has 2 heterocycles. The number of hydrogen-bond acceptors (Lipinski definition) is 2. The first-order chi connectivity index (χ1) is 11.3. The number of nitrogens with zero attached hydrogens (tertiary/aromatic N) is 2. The Morgan fingerprint density at radius 1 is 0.920 bits per heavy atom. The fourth-order valence-corrected chi connectivity index (χ4v) is 1.30. The number of rotatable bonds is 3. The van der Waals surface area contributed by atoms with Crippen LogP contribution in [0.25, 0.3) is 12.2 Å². The second-order valence-corrected chi connectivity index (χ2v) is 5.07. The molecule has 0 radical (unpaired) electrons. The van der Waals surface area contributed by atoms with Crippen molar-refractivity contribution in [1.82, 2.24) is 0 Å². The Bertz CT molecular complexity index is 616. The topological polar surface area (TPSA) is 47.9 Å². The van der Waals surface area contributed by atoms with Crippen LogP contribution in [0.1, 0.15) is 18.1 Å². The summed E-state index contributed by atoms with van der Waals surface area (Å²) in [7, 11) is 3.99. The van der Waals surface area contributed by atoms with Crippen LogP contribution in [0.2, 0.25) is 0 Å². The van der Waals surface area contributed by atoms with E-state index in [1.54, 1.807) is 0 Å². The van der Waals surface area contributed by atoms with Gasteiger partial charge >= 0.3 is 0 Å². The van der Waals surface area contributed by atoms with Crippen molar-refractivity contribution in [3.05, 3.63) is 85.5 Å². The second-order valence-electron chi connectivity index (χ2n) is 5.07. The molecule has 0 saturated heterocycles. The molecule has 4 nitrogen and oxygen atoms in total. The number of aliphatic carboxylic acids is 1. The van der Waals surface area contributed by atoms with Crippen molar-refractivity contribution in [2.45, 2.75) is 6.92 Å². The lowest BCUT2D eigenvalue weighted by atomic mass is 10.3. The zero-order valence-electron chi connectivity index (χ0n) is 15.0. The average Bonchev–Trinajstić information content (AvgIpc) is 2.57. The van der Waals surface area contributed by atoms with Crippen LogP contribution in [0.5, 0.6) is 0 Å². The number of carboxylic acid groups (broad SMARTS) is 1. The van der Waals surface area contributed by atoms with Crippen LogP contribution in [0.15, 0.2) is 74.4 Å². The molecule has 0 unspecified atom stereocenters. The fourth-order valence-electron chi connectivity index (χ4n) is 1.30. The van der Waals surface area contributed by atoms with Crippen LogP contribution in [0.3, 0.4) is 0 Å². The lowest BCUT2D eigenvalue weighted by Crippen LogP contribution is -3.00. The molecule has 25 heavy (non-hydrogen) atoms. The highest BCUT2D eigenvalue weighted by Gasteiger charge is 1.88. The maximum atomic E-state index is 9.49. The number of pyridine rings is 2. The molecule has 5 heteroatoms. The van der Waals surface area contributed by atoms with Crippen molar-refractivity contribution in [3.8, 4) is 0 Å². The number of halogens is 1. The Hall–Kier alpha value is -2.28. The molecule has 0 aliphatic heterocycles. The number of aromatic nitrogens is 2. The van der Waals surface area contributed by atoms with Gasteiger partial charge in [-0.05, 0) is 23.6 Å². The SMILES string of the molecule is C=C(C)C(=O)[O-].C=Cc1cc[n+](C)cc1.C=Cc1cc[n+](C)cc1.[I-]. The van der Waals surface area contributed by atoms with Crippen molar-refractivity contribution in [1.29, 1.82) is 0 Å². The molecular formula is C20H25IN2O2. The van der Waals surface area contributed by atoms with Gasteiger partial charge in [0.2, 0.25) is 0 Å². The maximum absolute atomic E-state index is 9.49. The standard InChI is InChI=1S/2C8H10N.C4H6O2.HI/c2*1-3-8-4-6-9(2)7-5-8;1-3(2)4(5)6;/h2*3-7H,1H2,2H3;1H2,2H3,(H,5,6);1H/q2*+1;;/p-2. The monoisotopic (exact) mass is 452 g/mol. The van der Waals surface area contributed by atoms with Gasteiger partial charge in [0.15, 0.2) is 24.8 Å². The van der Waals surface area contributed by atoms with Crippen molar-refractivity contribution < 1.29 is 43.0 Å². The molecule has 0 N–H and O–H groups in total. The molecule has 0 amide bonds. The van der Waals surface area contributed by atoms with E-state index in [1.807, 2.05) is 84.4 Å². The second kappa shape index (κ2) is 14.1. The summed E-state index contributed by atoms with van der Waals surface area (Å²) in [5.74, 6) is -1.19. The maximum Gasteiger partial charge on any atom is 0.169 e. The molecule has 2 aromatic heterocycles. The molecule has 134 valence electrons. The quantitative estimate of drug-likeness (QED) is 0.328. The zero-order chi connectivity index (χ0) is 18.5. The van der Waals surface area contributed by atoms with Gasteiger partial charge < -0.3 is 33.9 Å². The van der Waals surface area contributed by atoms with E-state index in [0.29, 0.717) is 0 Å². The first-order valence-corrected chi connectivity index (χ1v) is 7.32. The Kier molecular flexibility index (Phi) is 14.1. The fraction of sp³-hybridized carbons (Fsp3) is 0.150. The third-order valence-electron chi connectivity index (χ3n) is 2.83. The summed E-state index contributed by atoms with van der Waals surface area (Å²) in [4.78, 5) is 9.49. The Morgan fingerprint density at radius 3 is 1.32 bits per heavy atom. The molecule has 0 aliphatic carbocycles. The van der Waals surface area contributed by atoms with E-state index in [1.165, 1.54) is 6.92 Å². The molecule has 0 spiro atoms. The van der Waals surface area contributed by atoms with Crippen molar-refractivity contribution in [3.63, 3.8) is 0 Å². The lowest BCUT2D eigenvalue weighted by molar-refractivity contribution is -0.671. The van der Waals surface area contributed by atoms with E-state index < -0.39 is 5.97 Å². The summed E-state index contributed by atoms with van der Waals surface area (Å²) >= 11 is 0. The molecule has 0 saturated carbocycles. The first kappa shape index (κ1) is 25.0. The average molecular weight is 452 g/mol. The summed E-state index contributed by atoms with van der Waals surface area (Å²) in [6.07, 6.45) is 11.7. The highest BCUT2D eigenvalue weighted by atomic mass is 127. The van der Waals surface area contributed by atoms with E-state index in [-0.39, 0.29) is 29.5 Å². The van der Waals surface area contributed by atoms with E-state index in [0.717, 1.165) is 11.1 Å². The Morgan fingerprint density at radius 2 is 1.16 bits per heavy atom. The molecule has 0 atom stereocenters. The summed E-state index contributed by atoms with van der Waals surface area (Å²) in [5.41, 5.74) is 2.39. The molecular weight excluding hydrogens is 427 g/mol. The lowest BCUT2D eigenvalue weighted by Gasteiger charge is -1.93. The minimum absolute atomic E-state index is 0. The van der Waals surface area contributed by atoms with Crippen LogP contribution in [-0.4, -0.2) is 5.97 Å². The Balaban J connectivity index is 0. The molecule has 0 aromatic carbocycles. The third kappa shape index (κ3) is 12.8. The van der Waals surface area contributed by atoms with Crippen molar-refractivity contribution in [2.24, 2.45) is 14.1 Å². The van der Waals surface area contributed by atoms with Gasteiger partial charge in [-0.3, -0.25) is 0 Å². The number of carbonyl (C=O) groups excluding carboxylic acids is 1. The molecule has 0 aliphatic rings. The van der Waals surface area contributed by atoms with E-state index >= 15 is 0 Å². The van der Waals surface area contributed by atoms with E-state index in [4.69, 9.17) is 0 Å². The number of carboxylic acids is 1. The van der Waals surface area contributed by atoms with Gasteiger partial charge in [-0.25, -0.2) is 9.13 Å². The normalized spacial score (nSPS) is 8.28. The molecule has 0 fully saturated rings. The highest BCUT2D eigenvalue weighted by Crippen LogP contribution is 1.94. The van der Waals surface area contributed by atoms with Gasteiger partial charge in [-0.15, -0.1) is 0 Å². The van der Waals surface area contributed by atoms with Crippen LogP contribution >= 0.6 is 0 Å². The predicted molar refractivity (Wildman–Crippen MR) is 95.2 cm³/mol. The smallest absolute Gasteiger partial charge is 0.169 e. The summed E-state index contributed by atoms with van der Waals surface area (Å²) < 4.78 is 3.99. The minimum atomic E-state index is -1.19. The van der Waals surface area contributed by atoms with Gasteiger partial charge in [0, 0.05) is 24.3 Å². The summed E-state index contributed by atoms with van der Waals surface area (Å²) in [5, 5.41) is 9.49. The highest BCUT2D eigenvalue weighted by molar-refractivity contribution is 5.82. The van der Waals surface area contributed by atoms with Crippen LogP contribution in [0.4, 0.5) is 0 Å². The predicted octanol–water partition coefficient (Wildman–Crippen LogP) is -1.38. The number of carbonyl (C=O) groups is 1. The van der Waals surface area contributed by atoms with Gasteiger partial charge in [0.1, 0.15) is 14.1 Å². The molecule has 2 rings (SSSR count). The molecule has 2 aromatic rings. The van der Waals surface area contributed by atoms with E-state index in [9.17, 15) is 9.90 Å². The van der Waals surface area contributed by atoms with E-state index in [2.05, 4.69) is 19.7 Å². The van der Waals surface area contributed by atoms with Crippen LogP contribution in [-0.2, 0) is 18.9 Å². The first-order valence-electron chi connectivity index (χ1n) is 7.32. The van der Waals surface area contributed by atoms with Gasteiger partial charge in [-0.1, -0.05) is 31.9 Å². The van der Waals surface area contributed by atoms with Crippen molar-refractivity contribution in [2.75, 3.05) is 0 Å².